The summed E-state index contributed by atoms with van der Waals surface area (Å²) in [5.74, 6) is 0. The fourth-order valence-electron chi connectivity index (χ4n) is 0.420. The van der Waals surface area contributed by atoms with Gasteiger partial charge in [0.1, 0.15) is 0 Å². The molecule has 0 atom stereocenters. The van der Waals surface area contributed by atoms with Crippen molar-refractivity contribution in [3.05, 3.63) is 0 Å². The van der Waals surface area contributed by atoms with Crippen LogP contribution in [0.2, 0.25) is 0 Å². The van der Waals surface area contributed by atoms with Crippen molar-refractivity contribution in [3.63, 3.8) is 0 Å². The molecule has 2 nitrogen and oxygen atoms in total. The number of hydrogen-bond donors (Lipinski definition) is 1. The minimum atomic E-state index is 0.0712. The van der Waals surface area contributed by atoms with Gasteiger partial charge in [-0.05, 0) is 26.2 Å². The molecule has 0 aliphatic carbocycles. The average Bonchev–Trinajstić information content (AvgIpc) is 1.55. The molecular formula is C9H20N2. The molecule has 0 heterocycles. The lowest BCUT2D eigenvalue weighted by Gasteiger charge is -2.19. The van der Waals surface area contributed by atoms with Crippen molar-refractivity contribution >= 4 is 6.21 Å². The van der Waals surface area contributed by atoms with Crippen LogP contribution in [0.25, 0.3) is 0 Å². The summed E-state index contributed by atoms with van der Waals surface area (Å²) in [7, 11) is 0. The molecule has 0 aliphatic heterocycles. The highest BCUT2D eigenvalue weighted by Gasteiger charge is 2.08. The minimum absolute atomic E-state index is 0.0712. The molecule has 0 radical (unpaired) electrons. The van der Waals surface area contributed by atoms with Crippen molar-refractivity contribution in [2.24, 2.45) is 10.5 Å². The summed E-state index contributed by atoms with van der Waals surface area (Å²) in [6.45, 7) is 12.6. The summed E-state index contributed by atoms with van der Waals surface area (Å²) in [5, 5.41) is 4.14. The molecule has 0 fully saturated rings. The lowest BCUT2D eigenvalue weighted by atomic mass is 9.99. The van der Waals surface area contributed by atoms with E-state index >= 15 is 0 Å². The van der Waals surface area contributed by atoms with Crippen molar-refractivity contribution < 1.29 is 0 Å². The Labute approximate surface area is 70.1 Å². The molecule has 0 aromatic rings. The van der Waals surface area contributed by atoms with E-state index in [-0.39, 0.29) is 11.0 Å². The van der Waals surface area contributed by atoms with Gasteiger partial charge in [0.05, 0.1) is 0 Å². The third-order valence-electron chi connectivity index (χ3n) is 0.852. The number of rotatable bonds is 1. The van der Waals surface area contributed by atoms with Crippen LogP contribution in [0.5, 0.6) is 0 Å². The smallest absolute Gasteiger partial charge is 0.0464 e. The predicted molar refractivity (Wildman–Crippen MR) is 50.8 cm³/mol. The second kappa shape index (κ2) is 3.24. The molecule has 0 rings (SSSR count). The molecule has 2 heteroatoms. The highest BCUT2D eigenvalue weighted by atomic mass is 15.3. The molecule has 11 heavy (non-hydrogen) atoms. The molecule has 0 saturated carbocycles. The van der Waals surface area contributed by atoms with Crippen molar-refractivity contribution in [1.82, 2.24) is 5.43 Å². The van der Waals surface area contributed by atoms with Gasteiger partial charge in [0.15, 0.2) is 0 Å². The van der Waals surface area contributed by atoms with Crippen LogP contribution in [0.15, 0.2) is 5.10 Å². The standard InChI is InChI=1S/C9H20N2/c1-8(2,3)7-10-11-9(4,5)6/h7,11H,1-6H3/b10-7+. The van der Waals surface area contributed by atoms with E-state index in [1.54, 1.807) is 0 Å². The second-order valence-corrected chi connectivity index (χ2v) is 4.99. The van der Waals surface area contributed by atoms with E-state index in [2.05, 4.69) is 52.1 Å². The van der Waals surface area contributed by atoms with E-state index in [9.17, 15) is 0 Å². The van der Waals surface area contributed by atoms with Crippen molar-refractivity contribution in [2.45, 2.75) is 47.1 Å². The van der Waals surface area contributed by atoms with Gasteiger partial charge < -0.3 is 5.43 Å². The van der Waals surface area contributed by atoms with E-state index in [1.165, 1.54) is 0 Å². The van der Waals surface area contributed by atoms with Crippen LogP contribution in [0.4, 0.5) is 0 Å². The van der Waals surface area contributed by atoms with E-state index in [0.717, 1.165) is 0 Å². The Hall–Kier alpha value is -0.530. The number of hydrazone groups is 1. The van der Waals surface area contributed by atoms with Gasteiger partial charge in [-0.2, -0.15) is 5.10 Å². The number of nitrogens with one attached hydrogen (secondary N) is 1. The molecule has 0 spiro atoms. The van der Waals surface area contributed by atoms with Gasteiger partial charge in [0.2, 0.25) is 0 Å². The van der Waals surface area contributed by atoms with Gasteiger partial charge in [0.25, 0.3) is 0 Å². The zero-order valence-corrected chi connectivity index (χ0v) is 8.52. The maximum atomic E-state index is 4.14. The van der Waals surface area contributed by atoms with E-state index in [1.807, 2.05) is 6.21 Å². The van der Waals surface area contributed by atoms with Crippen LogP contribution in [0.3, 0.4) is 0 Å². The Morgan fingerprint density at radius 3 is 1.73 bits per heavy atom. The van der Waals surface area contributed by atoms with Crippen LogP contribution >= 0.6 is 0 Å². The third kappa shape index (κ3) is 9.47. The van der Waals surface area contributed by atoms with E-state index < -0.39 is 0 Å². The Morgan fingerprint density at radius 2 is 1.45 bits per heavy atom. The van der Waals surface area contributed by atoms with Gasteiger partial charge in [-0.25, -0.2) is 0 Å². The molecule has 66 valence electrons. The quantitative estimate of drug-likeness (QED) is 0.457. The van der Waals surface area contributed by atoms with Gasteiger partial charge in [-0.15, -0.1) is 0 Å². The number of hydrogen-bond acceptors (Lipinski definition) is 2. The minimum Gasteiger partial charge on any atom is -0.305 e. The molecule has 0 unspecified atom stereocenters. The Balaban J connectivity index is 3.80. The fraction of sp³-hybridized carbons (Fsp3) is 0.889. The monoisotopic (exact) mass is 156 g/mol. The SMILES string of the molecule is CC(C)(C)/C=N/NC(C)(C)C. The van der Waals surface area contributed by atoms with Gasteiger partial charge in [0, 0.05) is 11.8 Å². The molecule has 0 bridgehead atoms. The zero-order chi connectivity index (χ0) is 9.12. The average molecular weight is 156 g/mol. The largest absolute Gasteiger partial charge is 0.305 e. The first-order valence-corrected chi connectivity index (χ1v) is 4.02. The molecule has 0 aliphatic rings. The summed E-state index contributed by atoms with van der Waals surface area (Å²) < 4.78 is 0. The first-order valence-electron chi connectivity index (χ1n) is 4.02. The summed E-state index contributed by atoms with van der Waals surface area (Å²) in [4.78, 5) is 0. The lowest BCUT2D eigenvalue weighted by molar-refractivity contribution is 0.437. The van der Waals surface area contributed by atoms with Crippen molar-refractivity contribution in [3.8, 4) is 0 Å². The van der Waals surface area contributed by atoms with Gasteiger partial charge in [-0.1, -0.05) is 20.8 Å². The first-order chi connectivity index (χ1) is 4.71. The highest BCUT2D eigenvalue weighted by molar-refractivity contribution is 5.63. The zero-order valence-electron chi connectivity index (χ0n) is 8.52. The molecule has 0 amide bonds. The van der Waals surface area contributed by atoms with Crippen molar-refractivity contribution in [2.75, 3.05) is 0 Å². The topological polar surface area (TPSA) is 24.4 Å². The lowest BCUT2D eigenvalue weighted by Crippen LogP contribution is -2.32. The summed E-state index contributed by atoms with van der Waals surface area (Å²) in [6.07, 6.45) is 1.93. The molecule has 0 aromatic carbocycles. The van der Waals surface area contributed by atoms with Crippen LogP contribution in [-0.2, 0) is 0 Å². The maximum Gasteiger partial charge on any atom is 0.0464 e. The van der Waals surface area contributed by atoms with E-state index in [0.29, 0.717) is 0 Å². The summed E-state index contributed by atoms with van der Waals surface area (Å²) in [5.41, 5.74) is 3.28. The predicted octanol–water partition coefficient (Wildman–Crippen LogP) is 2.41. The molecule has 1 N–H and O–H groups in total. The van der Waals surface area contributed by atoms with Crippen LogP contribution in [-0.4, -0.2) is 11.8 Å². The second-order valence-electron chi connectivity index (χ2n) is 4.99. The molecular weight excluding hydrogens is 136 g/mol. The van der Waals surface area contributed by atoms with Crippen LogP contribution in [0.1, 0.15) is 41.5 Å². The number of nitrogens with zero attached hydrogens (tertiary/aromatic N) is 1. The Morgan fingerprint density at radius 1 is 1.00 bits per heavy atom. The summed E-state index contributed by atoms with van der Waals surface area (Å²) >= 11 is 0. The maximum absolute atomic E-state index is 4.14. The van der Waals surface area contributed by atoms with Gasteiger partial charge in [-0.3, -0.25) is 0 Å². The van der Waals surface area contributed by atoms with E-state index in [4.69, 9.17) is 0 Å². The van der Waals surface area contributed by atoms with Gasteiger partial charge >= 0.3 is 0 Å². The summed E-state index contributed by atoms with van der Waals surface area (Å²) in [6, 6.07) is 0. The van der Waals surface area contributed by atoms with Crippen LogP contribution in [0, 0.1) is 5.41 Å². The molecule has 0 aromatic heterocycles. The van der Waals surface area contributed by atoms with Crippen LogP contribution < -0.4 is 5.43 Å². The fourth-order valence-corrected chi connectivity index (χ4v) is 0.420. The Bertz CT molecular complexity index is 135. The third-order valence-corrected chi connectivity index (χ3v) is 0.852. The molecule has 0 saturated heterocycles. The highest BCUT2D eigenvalue weighted by Crippen LogP contribution is 2.08. The first kappa shape index (κ1) is 10.5. The normalized spacial score (nSPS) is 14.0. The Kier molecular flexibility index (Phi) is 3.09. The van der Waals surface area contributed by atoms with Crippen molar-refractivity contribution in [1.29, 1.82) is 0 Å².